The quantitative estimate of drug-likeness (QED) is 0.870. The van der Waals surface area contributed by atoms with Gasteiger partial charge in [-0.25, -0.2) is 0 Å². The van der Waals surface area contributed by atoms with E-state index in [0.717, 1.165) is 17.7 Å². The molecule has 92 valence electrons. The predicted molar refractivity (Wildman–Crippen MR) is 64.5 cm³/mol. The summed E-state index contributed by atoms with van der Waals surface area (Å²) >= 11 is 5.95. The highest BCUT2D eigenvalue weighted by atomic mass is 35.5. The summed E-state index contributed by atoms with van der Waals surface area (Å²) in [6, 6.07) is 4.89. The molecule has 1 aromatic carbocycles. The Bertz CT molecular complexity index is 436. The fourth-order valence-electron chi connectivity index (χ4n) is 2.16. The van der Waals surface area contributed by atoms with Crippen molar-refractivity contribution in [2.24, 2.45) is 0 Å². The molecule has 17 heavy (non-hydrogen) atoms. The van der Waals surface area contributed by atoms with E-state index in [1.54, 1.807) is 19.2 Å². The number of carboxylic acids is 1. The first kappa shape index (κ1) is 12.2. The number of hydrogen-bond donors (Lipinski definition) is 2. The van der Waals surface area contributed by atoms with Gasteiger partial charge in [0.05, 0.1) is 7.11 Å². The first-order chi connectivity index (χ1) is 8.11. The van der Waals surface area contributed by atoms with Gasteiger partial charge in [0.1, 0.15) is 11.8 Å². The van der Waals surface area contributed by atoms with E-state index in [1.165, 1.54) is 0 Å². The topological polar surface area (TPSA) is 58.6 Å². The van der Waals surface area contributed by atoms with E-state index in [-0.39, 0.29) is 6.04 Å². The third-order valence-corrected chi connectivity index (χ3v) is 3.25. The molecule has 2 N–H and O–H groups in total. The van der Waals surface area contributed by atoms with Crippen molar-refractivity contribution < 1.29 is 14.6 Å². The third kappa shape index (κ3) is 2.53. The van der Waals surface area contributed by atoms with Gasteiger partial charge < -0.3 is 9.84 Å². The van der Waals surface area contributed by atoms with Crippen molar-refractivity contribution in [2.45, 2.75) is 24.9 Å². The summed E-state index contributed by atoms with van der Waals surface area (Å²) in [5.41, 5.74) is 0.920. The Morgan fingerprint density at radius 1 is 1.53 bits per heavy atom. The fourth-order valence-corrected chi connectivity index (χ4v) is 2.34. The van der Waals surface area contributed by atoms with Crippen LogP contribution in [-0.4, -0.2) is 24.2 Å². The Kier molecular flexibility index (Phi) is 3.54. The summed E-state index contributed by atoms with van der Waals surface area (Å²) in [5.74, 6) is -0.0774. The van der Waals surface area contributed by atoms with E-state index in [2.05, 4.69) is 5.32 Å². The van der Waals surface area contributed by atoms with E-state index >= 15 is 0 Å². The molecule has 4 nitrogen and oxygen atoms in total. The molecule has 1 aliphatic heterocycles. The van der Waals surface area contributed by atoms with Crippen molar-refractivity contribution in [3.63, 3.8) is 0 Å². The monoisotopic (exact) mass is 255 g/mol. The number of aliphatic carboxylic acids is 1. The lowest BCUT2D eigenvalue weighted by atomic mass is 10.0. The average molecular weight is 256 g/mol. The summed E-state index contributed by atoms with van der Waals surface area (Å²) in [6.07, 6.45) is 1.39. The highest BCUT2D eigenvalue weighted by molar-refractivity contribution is 6.30. The number of benzene rings is 1. The van der Waals surface area contributed by atoms with Crippen LogP contribution >= 0.6 is 11.6 Å². The number of nitrogens with one attached hydrogen (secondary N) is 1. The molecule has 0 amide bonds. The van der Waals surface area contributed by atoms with Gasteiger partial charge in [-0.1, -0.05) is 11.6 Å². The van der Waals surface area contributed by atoms with Crippen LogP contribution in [-0.2, 0) is 4.79 Å². The van der Waals surface area contributed by atoms with Gasteiger partial charge >= 0.3 is 5.97 Å². The maximum atomic E-state index is 10.9. The van der Waals surface area contributed by atoms with Crippen LogP contribution in [0.2, 0.25) is 5.02 Å². The molecule has 2 rings (SSSR count). The second-order valence-corrected chi connectivity index (χ2v) is 4.51. The summed E-state index contributed by atoms with van der Waals surface area (Å²) in [6.45, 7) is 0. The van der Waals surface area contributed by atoms with Crippen LogP contribution in [0, 0.1) is 0 Å². The zero-order chi connectivity index (χ0) is 12.4. The van der Waals surface area contributed by atoms with Crippen molar-refractivity contribution in [3.05, 3.63) is 28.8 Å². The van der Waals surface area contributed by atoms with Crippen molar-refractivity contribution in [3.8, 4) is 5.75 Å². The smallest absolute Gasteiger partial charge is 0.320 e. The van der Waals surface area contributed by atoms with Crippen molar-refractivity contribution >= 4 is 17.6 Å². The zero-order valence-electron chi connectivity index (χ0n) is 9.44. The van der Waals surface area contributed by atoms with Crippen molar-refractivity contribution in [1.82, 2.24) is 5.32 Å². The van der Waals surface area contributed by atoms with Crippen LogP contribution in [0.1, 0.15) is 24.4 Å². The first-order valence-corrected chi connectivity index (χ1v) is 5.82. The lowest BCUT2D eigenvalue weighted by molar-refractivity contribution is -0.139. The molecule has 1 fully saturated rings. The number of rotatable bonds is 3. The van der Waals surface area contributed by atoms with Crippen LogP contribution in [0.4, 0.5) is 0 Å². The van der Waals surface area contributed by atoms with E-state index in [4.69, 9.17) is 21.4 Å². The minimum atomic E-state index is -0.812. The average Bonchev–Trinajstić information content (AvgIpc) is 2.78. The molecule has 1 saturated heterocycles. The summed E-state index contributed by atoms with van der Waals surface area (Å²) < 4.78 is 5.26. The fraction of sp³-hybridized carbons (Fsp3) is 0.417. The van der Waals surface area contributed by atoms with Gasteiger partial charge in [-0.05, 0) is 31.0 Å². The Balaban J connectivity index is 2.23. The minimum absolute atomic E-state index is 0.00949. The Morgan fingerprint density at radius 3 is 2.88 bits per heavy atom. The highest BCUT2D eigenvalue weighted by Crippen LogP contribution is 2.34. The van der Waals surface area contributed by atoms with E-state index in [0.29, 0.717) is 11.4 Å². The van der Waals surface area contributed by atoms with E-state index in [1.807, 2.05) is 6.07 Å². The molecular weight excluding hydrogens is 242 g/mol. The van der Waals surface area contributed by atoms with Crippen molar-refractivity contribution in [2.75, 3.05) is 7.11 Å². The second kappa shape index (κ2) is 4.94. The minimum Gasteiger partial charge on any atom is -0.496 e. The van der Waals surface area contributed by atoms with Gasteiger partial charge in [0.2, 0.25) is 0 Å². The molecule has 2 unspecified atom stereocenters. The van der Waals surface area contributed by atoms with Crippen molar-refractivity contribution in [1.29, 1.82) is 0 Å². The molecule has 0 bridgehead atoms. The molecule has 1 heterocycles. The number of ether oxygens (including phenoxy) is 1. The molecule has 1 aliphatic rings. The maximum absolute atomic E-state index is 10.9. The van der Waals surface area contributed by atoms with Gasteiger partial charge in [0, 0.05) is 16.6 Å². The molecule has 0 saturated carbocycles. The predicted octanol–water partition coefficient (Wildman–Crippen LogP) is 2.23. The Labute approximate surface area is 105 Å². The van der Waals surface area contributed by atoms with Gasteiger partial charge in [-0.15, -0.1) is 0 Å². The first-order valence-electron chi connectivity index (χ1n) is 5.44. The number of hydrogen-bond acceptors (Lipinski definition) is 3. The summed E-state index contributed by atoms with van der Waals surface area (Å²) in [4.78, 5) is 10.9. The number of halogens is 1. The Hall–Kier alpha value is -1.26. The molecule has 0 aromatic heterocycles. The van der Waals surface area contributed by atoms with Crippen LogP contribution < -0.4 is 10.1 Å². The maximum Gasteiger partial charge on any atom is 0.320 e. The molecule has 0 spiro atoms. The summed E-state index contributed by atoms with van der Waals surface area (Å²) in [5, 5.41) is 12.6. The zero-order valence-corrected chi connectivity index (χ0v) is 10.2. The van der Waals surface area contributed by atoms with Crippen LogP contribution in [0.15, 0.2) is 18.2 Å². The Morgan fingerprint density at radius 2 is 2.29 bits per heavy atom. The normalized spacial score (nSPS) is 23.6. The van der Waals surface area contributed by atoms with E-state index in [9.17, 15) is 4.79 Å². The SMILES string of the molecule is COc1ccc(Cl)cc1C1CCC(C(=O)O)N1. The standard InChI is InChI=1S/C12H14ClNO3/c1-17-11-5-2-7(13)6-8(11)9-3-4-10(14-9)12(15)16/h2,5-6,9-10,14H,3-4H2,1H3,(H,15,16). The highest BCUT2D eigenvalue weighted by Gasteiger charge is 2.31. The molecule has 2 atom stereocenters. The lowest BCUT2D eigenvalue weighted by Gasteiger charge is -2.16. The van der Waals surface area contributed by atoms with Gasteiger partial charge in [-0.2, -0.15) is 0 Å². The molecular formula is C12H14ClNO3. The van der Waals surface area contributed by atoms with Gasteiger partial charge in [0.15, 0.2) is 0 Å². The van der Waals surface area contributed by atoms with Crippen LogP contribution in [0.3, 0.4) is 0 Å². The lowest BCUT2D eigenvalue weighted by Crippen LogP contribution is -2.31. The number of methoxy groups -OCH3 is 1. The van der Waals surface area contributed by atoms with E-state index < -0.39 is 12.0 Å². The van der Waals surface area contributed by atoms with Gasteiger partial charge in [-0.3, -0.25) is 10.1 Å². The van der Waals surface area contributed by atoms with Crippen LogP contribution in [0.25, 0.3) is 0 Å². The molecule has 0 aliphatic carbocycles. The summed E-state index contributed by atoms with van der Waals surface area (Å²) in [7, 11) is 1.59. The van der Waals surface area contributed by atoms with Crippen LogP contribution in [0.5, 0.6) is 5.75 Å². The van der Waals surface area contributed by atoms with Gasteiger partial charge in [0.25, 0.3) is 0 Å². The molecule has 5 heteroatoms. The largest absolute Gasteiger partial charge is 0.496 e. The molecule has 0 radical (unpaired) electrons. The third-order valence-electron chi connectivity index (χ3n) is 3.01. The molecule has 1 aromatic rings. The second-order valence-electron chi connectivity index (χ2n) is 4.07. The number of carboxylic acid groups (broad SMARTS) is 1. The number of carbonyl (C=O) groups is 1.